The second-order valence-electron chi connectivity index (χ2n) is 16.5. The molecule has 0 aromatic heterocycles. The molecule has 2 amide bonds. The zero-order valence-corrected chi connectivity index (χ0v) is 35.7. The van der Waals surface area contributed by atoms with Gasteiger partial charge in [-0.15, -0.1) is 0 Å². The van der Waals surface area contributed by atoms with Crippen LogP contribution in [-0.2, 0) is 22.6 Å². The summed E-state index contributed by atoms with van der Waals surface area (Å²) >= 11 is 0. The van der Waals surface area contributed by atoms with E-state index in [1.165, 1.54) is 6.07 Å². The molecule has 328 valence electrons. The molecule has 0 radical (unpaired) electrons. The van der Waals surface area contributed by atoms with E-state index in [4.69, 9.17) is 15.2 Å². The number of nitrogens with zero attached hydrogens (tertiary/aromatic N) is 6. The third kappa shape index (κ3) is 16.3. The van der Waals surface area contributed by atoms with Crippen LogP contribution < -0.4 is 11.1 Å². The van der Waals surface area contributed by atoms with Crippen LogP contribution in [0.5, 0.6) is 0 Å². The van der Waals surface area contributed by atoms with Crippen LogP contribution in [0.25, 0.3) is 0 Å². The fourth-order valence-corrected chi connectivity index (χ4v) is 6.21. The molecule has 6 rings (SSSR count). The number of rotatable bonds is 8. The Morgan fingerprint density at radius 1 is 0.639 bits per heavy atom. The molecule has 0 aliphatic carbocycles. The van der Waals surface area contributed by atoms with Crippen LogP contribution in [0.15, 0.2) is 97.1 Å². The Labute approximate surface area is 356 Å². The second kappa shape index (κ2) is 21.8. The Kier molecular flexibility index (Phi) is 16.9. The summed E-state index contributed by atoms with van der Waals surface area (Å²) in [6, 6.07) is 28.0. The van der Waals surface area contributed by atoms with Gasteiger partial charge in [0, 0.05) is 89.0 Å². The summed E-state index contributed by atoms with van der Waals surface area (Å²) in [4.78, 5) is 53.1. The van der Waals surface area contributed by atoms with Crippen molar-refractivity contribution in [1.82, 2.24) is 19.6 Å². The highest BCUT2D eigenvalue weighted by molar-refractivity contribution is 5.70. The van der Waals surface area contributed by atoms with Crippen molar-refractivity contribution >= 4 is 40.6 Å². The van der Waals surface area contributed by atoms with Crippen LogP contribution >= 0.6 is 0 Å². The molecule has 2 saturated heterocycles. The Morgan fingerprint density at radius 3 is 1.44 bits per heavy atom. The summed E-state index contributed by atoms with van der Waals surface area (Å²) in [6.45, 7) is 16.9. The van der Waals surface area contributed by atoms with E-state index >= 15 is 0 Å². The number of nitro benzene ring substituents is 2. The number of para-hydroxylation sites is 2. The average molecular weight is 845 g/mol. The minimum atomic E-state index is -0.835. The highest BCUT2D eigenvalue weighted by atomic mass is 19.1. The number of ether oxygens (including phenoxy) is 2. The Balaban J connectivity index is 0.000000235. The van der Waals surface area contributed by atoms with E-state index in [-0.39, 0.29) is 22.8 Å². The highest BCUT2D eigenvalue weighted by Crippen LogP contribution is 2.29. The van der Waals surface area contributed by atoms with Crippen molar-refractivity contribution in [2.24, 2.45) is 0 Å². The van der Waals surface area contributed by atoms with E-state index in [1.807, 2.05) is 108 Å². The number of anilines is 3. The lowest BCUT2D eigenvalue weighted by Crippen LogP contribution is -2.49. The summed E-state index contributed by atoms with van der Waals surface area (Å²) in [5.74, 6) is -0.835. The van der Waals surface area contributed by atoms with Crippen LogP contribution in [0.1, 0.15) is 52.7 Å². The van der Waals surface area contributed by atoms with Gasteiger partial charge in [-0.1, -0.05) is 48.5 Å². The summed E-state index contributed by atoms with van der Waals surface area (Å²) in [5, 5.41) is 25.5. The van der Waals surface area contributed by atoms with E-state index in [0.717, 1.165) is 23.0 Å². The summed E-state index contributed by atoms with van der Waals surface area (Å²) in [7, 11) is 0. The fraction of sp³-hybridized carbons (Fsp3) is 0.409. The highest BCUT2D eigenvalue weighted by Gasteiger charge is 2.28. The Hall–Kier alpha value is -6.33. The maximum atomic E-state index is 13.4. The predicted molar refractivity (Wildman–Crippen MR) is 233 cm³/mol. The van der Waals surface area contributed by atoms with Gasteiger partial charge in [0.15, 0.2) is 0 Å². The molecule has 0 spiro atoms. The molecule has 2 aliphatic heterocycles. The van der Waals surface area contributed by atoms with Crippen molar-refractivity contribution in [2.45, 2.75) is 65.8 Å². The van der Waals surface area contributed by atoms with Crippen molar-refractivity contribution in [3.8, 4) is 0 Å². The van der Waals surface area contributed by atoms with Crippen LogP contribution in [0, 0.1) is 26.0 Å². The first kappa shape index (κ1) is 47.3. The van der Waals surface area contributed by atoms with E-state index in [9.17, 15) is 34.2 Å². The van der Waals surface area contributed by atoms with Crippen LogP contribution in [0.2, 0.25) is 0 Å². The Morgan fingerprint density at radius 2 is 1.05 bits per heavy atom. The Bertz CT molecular complexity index is 2060. The number of benzene rings is 4. The number of hydrogen-bond donors (Lipinski definition) is 2. The van der Waals surface area contributed by atoms with Gasteiger partial charge in [0.05, 0.1) is 9.85 Å². The number of piperazine rings is 2. The molecule has 0 atom stereocenters. The van der Waals surface area contributed by atoms with Crippen molar-refractivity contribution in [3.63, 3.8) is 0 Å². The molecule has 17 heteroatoms. The SMILES string of the molecule is CC(C)(C)OC(=O)N1CCN(Cc2ccc(F)c([N+](=O)[O-])c2)CC1.CC(C)(C)OC(=O)N1CCN(Cc2ccc(Nc3ccccc3)c([N+](=O)[O-])c2)CC1.Nc1ccccc1. The molecular weight excluding hydrogens is 788 g/mol. The molecule has 4 aromatic rings. The number of nitro groups is 2. The molecule has 2 aliphatic rings. The van der Waals surface area contributed by atoms with Crippen LogP contribution in [0.4, 0.5) is 42.4 Å². The first-order valence-electron chi connectivity index (χ1n) is 20.0. The monoisotopic (exact) mass is 844 g/mol. The van der Waals surface area contributed by atoms with E-state index < -0.39 is 27.6 Å². The maximum Gasteiger partial charge on any atom is 0.410 e. The second-order valence-corrected chi connectivity index (χ2v) is 16.5. The first-order chi connectivity index (χ1) is 28.8. The standard InChI is InChI=1S/C22H28N4O4.C16H22FN3O4.C6H7N/c1-22(2,3)30-21(27)25-13-11-24(12-14-25)16-17-9-10-19(20(15-17)26(28)29)23-18-7-5-4-6-8-18;1-16(2,3)24-15(21)19-8-6-18(7-9-19)11-12-4-5-13(17)14(10-12)20(22)23;7-6-4-2-1-3-5-6/h4-10,15,23H,11-14,16H2,1-3H3;4-5,10H,6-9,11H2,1-3H3;1-5H,7H2. The van der Waals surface area contributed by atoms with E-state index in [1.54, 1.807) is 28.0 Å². The van der Waals surface area contributed by atoms with Crippen LogP contribution in [0.3, 0.4) is 0 Å². The zero-order valence-electron chi connectivity index (χ0n) is 35.7. The minimum absolute atomic E-state index is 0.0451. The van der Waals surface area contributed by atoms with Crippen LogP contribution in [-0.4, -0.2) is 105 Å². The molecule has 61 heavy (non-hydrogen) atoms. The van der Waals surface area contributed by atoms with Gasteiger partial charge in [-0.2, -0.15) is 4.39 Å². The van der Waals surface area contributed by atoms with Gasteiger partial charge in [0.2, 0.25) is 5.82 Å². The smallest absolute Gasteiger partial charge is 0.410 e. The lowest BCUT2D eigenvalue weighted by atomic mass is 10.1. The zero-order chi connectivity index (χ0) is 44.7. The van der Waals surface area contributed by atoms with Gasteiger partial charge in [-0.25, -0.2) is 9.59 Å². The third-order valence-electron chi connectivity index (χ3n) is 9.18. The third-order valence-corrected chi connectivity index (χ3v) is 9.18. The van der Waals surface area contributed by atoms with Crippen molar-refractivity contribution in [3.05, 3.63) is 134 Å². The number of amides is 2. The number of halogens is 1. The summed E-state index contributed by atoms with van der Waals surface area (Å²) in [5.41, 5.74) is 7.47. The van der Waals surface area contributed by atoms with Crippen molar-refractivity contribution in [1.29, 1.82) is 0 Å². The molecule has 2 fully saturated rings. The molecule has 0 saturated carbocycles. The lowest BCUT2D eigenvalue weighted by molar-refractivity contribution is -0.387. The molecule has 16 nitrogen and oxygen atoms in total. The van der Waals surface area contributed by atoms with Gasteiger partial charge in [-0.05, 0) is 89.1 Å². The molecule has 0 unspecified atom stereocenters. The first-order valence-corrected chi connectivity index (χ1v) is 20.0. The normalized spacial score (nSPS) is 14.7. The number of nitrogens with two attached hydrogens (primary N) is 1. The number of carbonyl (C=O) groups is 2. The maximum absolute atomic E-state index is 13.4. The number of hydrogen-bond acceptors (Lipinski definition) is 12. The van der Waals surface area contributed by atoms with Gasteiger partial charge >= 0.3 is 17.9 Å². The quantitative estimate of drug-likeness (QED) is 0.0980. The van der Waals surface area contributed by atoms with E-state index in [0.29, 0.717) is 76.7 Å². The molecule has 3 N–H and O–H groups in total. The topological polar surface area (TPSA) is 190 Å². The molecule has 0 bridgehead atoms. The van der Waals surface area contributed by atoms with Gasteiger partial charge in [-0.3, -0.25) is 30.0 Å². The van der Waals surface area contributed by atoms with Gasteiger partial charge in [0.25, 0.3) is 5.69 Å². The minimum Gasteiger partial charge on any atom is -0.444 e. The number of carbonyl (C=O) groups excluding carboxylic acids is 2. The molecule has 2 heterocycles. The molecular formula is C44H57FN8O8. The van der Waals surface area contributed by atoms with Crippen molar-refractivity contribution in [2.75, 3.05) is 63.4 Å². The van der Waals surface area contributed by atoms with Gasteiger partial charge < -0.3 is 30.3 Å². The number of nitrogen functional groups attached to an aromatic ring is 1. The number of nitrogens with one attached hydrogen (secondary N) is 1. The average Bonchev–Trinajstić information content (AvgIpc) is 3.19. The van der Waals surface area contributed by atoms with Gasteiger partial charge in [0.1, 0.15) is 16.9 Å². The largest absolute Gasteiger partial charge is 0.444 e. The predicted octanol–water partition coefficient (Wildman–Crippen LogP) is 8.45. The summed E-state index contributed by atoms with van der Waals surface area (Å²) < 4.78 is 24.1. The lowest BCUT2D eigenvalue weighted by Gasteiger charge is -2.35. The fourth-order valence-electron chi connectivity index (χ4n) is 6.21. The van der Waals surface area contributed by atoms with E-state index in [2.05, 4.69) is 15.1 Å². The summed E-state index contributed by atoms with van der Waals surface area (Å²) in [6.07, 6.45) is -0.631. The molecule has 4 aromatic carbocycles. The van der Waals surface area contributed by atoms with Crippen molar-refractivity contribution < 1.29 is 33.3 Å².